The topological polar surface area (TPSA) is 0 Å². The summed E-state index contributed by atoms with van der Waals surface area (Å²) in [4.78, 5) is 0. The van der Waals surface area contributed by atoms with E-state index in [0.29, 0.717) is 16.1 Å². The molecule has 17 heavy (non-hydrogen) atoms. The second-order valence-corrected chi connectivity index (χ2v) is 4.45. The van der Waals surface area contributed by atoms with Gasteiger partial charge in [0, 0.05) is 10.6 Å². The summed E-state index contributed by atoms with van der Waals surface area (Å²) in [5, 5.41) is -0.345. The van der Waals surface area contributed by atoms with Crippen LogP contribution in [-0.4, -0.2) is 0 Å². The van der Waals surface area contributed by atoms with E-state index >= 15 is 0 Å². The van der Waals surface area contributed by atoms with Crippen molar-refractivity contribution in [1.82, 2.24) is 0 Å². The minimum absolute atomic E-state index is 0.314. The van der Waals surface area contributed by atoms with Crippen molar-refractivity contribution in [2.45, 2.75) is 5.38 Å². The molecule has 0 nitrogen and oxygen atoms in total. The Kier molecular flexibility index (Phi) is 3.65. The van der Waals surface area contributed by atoms with Crippen LogP contribution in [0.15, 0.2) is 42.5 Å². The number of rotatable bonds is 2. The molecule has 0 N–H and O–H groups in total. The highest BCUT2D eigenvalue weighted by Gasteiger charge is 2.15. The summed E-state index contributed by atoms with van der Waals surface area (Å²) in [5.41, 5.74) is 0.956. The van der Waals surface area contributed by atoms with Crippen molar-refractivity contribution >= 4 is 23.2 Å². The van der Waals surface area contributed by atoms with E-state index in [4.69, 9.17) is 23.2 Å². The van der Waals surface area contributed by atoms with E-state index in [-0.39, 0.29) is 5.82 Å². The van der Waals surface area contributed by atoms with Crippen LogP contribution in [0.5, 0.6) is 0 Å². The van der Waals surface area contributed by atoms with E-state index in [9.17, 15) is 8.78 Å². The average Bonchev–Trinajstić information content (AvgIpc) is 2.29. The zero-order chi connectivity index (χ0) is 12.4. The van der Waals surface area contributed by atoms with E-state index < -0.39 is 11.2 Å². The van der Waals surface area contributed by atoms with Gasteiger partial charge in [0.15, 0.2) is 0 Å². The fourth-order valence-corrected chi connectivity index (χ4v) is 2.00. The number of alkyl halides is 1. The molecule has 1 atom stereocenters. The van der Waals surface area contributed by atoms with Crippen molar-refractivity contribution < 1.29 is 8.78 Å². The summed E-state index contributed by atoms with van der Waals surface area (Å²) in [5.74, 6) is -0.823. The van der Waals surface area contributed by atoms with Crippen LogP contribution in [0.2, 0.25) is 5.02 Å². The smallest absolute Gasteiger partial charge is 0.129 e. The Morgan fingerprint density at radius 1 is 0.941 bits per heavy atom. The lowest BCUT2D eigenvalue weighted by Crippen LogP contribution is -1.97. The zero-order valence-electron chi connectivity index (χ0n) is 8.63. The Morgan fingerprint density at radius 3 is 2.18 bits per heavy atom. The van der Waals surface area contributed by atoms with Crippen molar-refractivity contribution in [2.24, 2.45) is 0 Å². The Bertz CT molecular complexity index is 523. The van der Waals surface area contributed by atoms with Gasteiger partial charge in [-0.25, -0.2) is 8.78 Å². The molecular formula is C13H8Cl2F2. The molecule has 2 aromatic carbocycles. The van der Waals surface area contributed by atoms with Crippen LogP contribution in [0.4, 0.5) is 8.78 Å². The van der Waals surface area contributed by atoms with Crippen LogP contribution in [0, 0.1) is 11.6 Å². The molecule has 0 bridgehead atoms. The van der Waals surface area contributed by atoms with Crippen molar-refractivity contribution in [1.29, 1.82) is 0 Å². The van der Waals surface area contributed by atoms with Gasteiger partial charge in [0.05, 0.1) is 5.38 Å². The molecule has 0 aliphatic rings. The van der Waals surface area contributed by atoms with Crippen LogP contribution in [0.3, 0.4) is 0 Å². The Labute approximate surface area is 108 Å². The number of hydrogen-bond acceptors (Lipinski definition) is 0. The maximum Gasteiger partial charge on any atom is 0.129 e. The summed E-state index contributed by atoms with van der Waals surface area (Å²) in [7, 11) is 0. The quantitative estimate of drug-likeness (QED) is 0.679. The number of hydrogen-bond donors (Lipinski definition) is 0. The molecule has 0 aliphatic carbocycles. The number of benzene rings is 2. The molecule has 0 spiro atoms. The van der Waals surface area contributed by atoms with Crippen molar-refractivity contribution in [3.63, 3.8) is 0 Å². The molecule has 0 amide bonds. The van der Waals surface area contributed by atoms with Gasteiger partial charge in [-0.1, -0.05) is 29.8 Å². The first-order valence-corrected chi connectivity index (χ1v) is 5.74. The molecule has 0 fully saturated rings. The molecule has 0 radical (unpaired) electrons. The van der Waals surface area contributed by atoms with Gasteiger partial charge < -0.3 is 0 Å². The Balaban J connectivity index is 2.36. The highest BCUT2D eigenvalue weighted by atomic mass is 35.5. The highest BCUT2D eigenvalue weighted by molar-refractivity contribution is 6.30. The third kappa shape index (κ3) is 2.76. The summed E-state index contributed by atoms with van der Waals surface area (Å²) in [6, 6.07) is 9.94. The molecule has 88 valence electrons. The van der Waals surface area contributed by atoms with Crippen LogP contribution in [-0.2, 0) is 0 Å². The molecule has 0 saturated heterocycles. The minimum atomic E-state index is -0.659. The largest absolute Gasteiger partial charge is 0.207 e. The third-order valence-corrected chi connectivity index (χ3v) is 3.12. The molecule has 0 heterocycles. The van der Waals surface area contributed by atoms with Crippen LogP contribution >= 0.6 is 23.2 Å². The standard InChI is InChI=1S/C13H8Cl2F2/c14-9-3-6-11(12(17)7-9)13(15)8-1-4-10(16)5-2-8/h1-7,13H. The molecule has 0 aliphatic heterocycles. The lowest BCUT2D eigenvalue weighted by Gasteiger charge is -2.11. The van der Waals surface area contributed by atoms with Crippen LogP contribution in [0.1, 0.15) is 16.5 Å². The van der Waals surface area contributed by atoms with Crippen LogP contribution in [0.25, 0.3) is 0 Å². The molecule has 0 saturated carbocycles. The first-order chi connectivity index (χ1) is 8.08. The van der Waals surface area contributed by atoms with Gasteiger partial charge in [-0.15, -0.1) is 11.6 Å². The first kappa shape index (κ1) is 12.3. The molecular weight excluding hydrogens is 265 g/mol. The SMILES string of the molecule is Fc1ccc(C(Cl)c2ccc(Cl)cc2F)cc1. The van der Waals surface area contributed by atoms with Crippen molar-refractivity contribution in [3.05, 3.63) is 70.2 Å². The third-order valence-electron chi connectivity index (χ3n) is 2.40. The van der Waals surface area contributed by atoms with E-state index in [1.165, 1.54) is 36.4 Å². The van der Waals surface area contributed by atoms with Crippen LogP contribution < -0.4 is 0 Å². The van der Waals surface area contributed by atoms with E-state index in [1.807, 2.05) is 0 Å². The predicted molar refractivity (Wildman–Crippen MR) is 65.5 cm³/mol. The molecule has 4 heteroatoms. The maximum absolute atomic E-state index is 13.6. The van der Waals surface area contributed by atoms with Gasteiger partial charge in [0.1, 0.15) is 11.6 Å². The average molecular weight is 273 g/mol. The van der Waals surface area contributed by atoms with Gasteiger partial charge in [-0.3, -0.25) is 0 Å². The van der Waals surface area contributed by atoms with Gasteiger partial charge in [0.2, 0.25) is 0 Å². The fraction of sp³-hybridized carbons (Fsp3) is 0.0769. The minimum Gasteiger partial charge on any atom is -0.207 e. The first-order valence-electron chi connectivity index (χ1n) is 4.92. The lowest BCUT2D eigenvalue weighted by atomic mass is 10.0. The van der Waals surface area contributed by atoms with Gasteiger partial charge >= 0.3 is 0 Å². The fourth-order valence-electron chi connectivity index (χ4n) is 1.52. The molecule has 0 aromatic heterocycles. The normalized spacial score (nSPS) is 12.5. The Hall–Kier alpha value is -1.12. The summed E-state index contributed by atoms with van der Waals surface area (Å²) >= 11 is 11.8. The van der Waals surface area contributed by atoms with Crippen molar-refractivity contribution in [3.8, 4) is 0 Å². The maximum atomic E-state index is 13.6. The van der Waals surface area contributed by atoms with E-state index in [1.54, 1.807) is 6.07 Å². The zero-order valence-corrected chi connectivity index (χ0v) is 10.1. The monoisotopic (exact) mass is 272 g/mol. The second-order valence-electron chi connectivity index (χ2n) is 3.58. The summed E-state index contributed by atoms with van der Waals surface area (Å²) < 4.78 is 26.4. The van der Waals surface area contributed by atoms with Gasteiger partial charge in [0.25, 0.3) is 0 Å². The summed E-state index contributed by atoms with van der Waals surface area (Å²) in [6.07, 6.45) is 0. The van der Waals surface area contributed by atoms with Gasteiger partial charge in [-0.2, -0.15) is 0 Å². The highest BCUT2D eigenvalue weighted by Crippen LogP contribution is 2.31. The number of halogens is 4. The van der Waals surface area contributed by atoms with E-state index in [0.717, 1.165) is 0 Å². The summed E-state index contributed by atoms with van der Waals surface area (Å²) in [6.45, 7) is 0. The Morgan fingerprint density at radius 2 is 1.59 bits per heavy atom. The molecule has 1 unspecified atom stereocenters. The second kappa shape index (κ2) is 5.03. The van der Waals surface area contributed by atoms with Gasteiger partial charge in [-0.05, 0) is 29.8 Å². The predicted octanol–water partition coefficient (Wildman–Crippen LogP) is 4.95. The molecule has 2 rings (SSSR count). The lowest BCUT2D eigenvalue weighted by molar-refractivity contribution is 0.611. The van der Waals surface area contributed by atoms with E-state index in [2.05, 4.69) is 0 Å². The van der Waals surface area contributed by atoms with Crippen molar-refractivity contribution in [2.75, 3.05) is 0 Å². The molecule has 2 aromatic rings.